The molecule has 0 atom stereocenters. The highest BCUT2D eigenvalue weighted by atomic mass is 16.4. The SMILES string of the molecule is Cc1ncc(CNC(=O)C(=O)O)o1. The summed E-state index contributed by atoms with van der Waals surface area (Å²) >= 11 is 0. The van der Waals surface area contributed by atoms with E-state index in [1.807, 2.05) is 0 Å². The van der Waals surface area contributed by atoms with Crippen molar-refractivity contribution in [3.05, 3.63) is 17.8 Å². The largest absolute Gasteiger partial charge is 0.474 e. The van der Waals surface area contributed by atoms with E-state index in [0.29, 0.717) is 11.7 Å². The minimum atomic E-state index is -1.52. The molecular formula is C7H8N2O4. The van der Waals surface area contributed by atoms with Crippen molar-refractivity contribution in [2.24, 2.45) is 0 Å². The standard InChI is InChI=1S/C7H8N2O4/c1-4-8-2-5(13-4)3-9-6(10)7(11)12/h2H,3H2,1H3,(H,9,10)(H,11,12). The van der Waals surface area contributed by atoms with Gasteiger partial charge in [0.2, 0.25) is 0 Å². The first-order chi connectivity index (χ1) is 6.09. The second-order valence-corrected chi connectivity index (χ2v) is 2.33. The molecule has 1 aromatic heterocycles. The summed E-state index contributed by atoms with van der Waals surface area (Å²) < 4.78 is 4.99. The van der Waals surface area contributed by atoms with Gasteiger partial charge in [-0.3, -0.25) is 4.79 Å². The fourth-order valence-electron chi connectivity index (χ4n) is 0.730. The number of rotatable bonds is 2. The molecule has 0 aromatic carbocycles. The number of carboxylic acid groups (broad SMARTS) is 1. The molecule has 0 saturated heterocycles. The summed E-state index contributed by atoms with van der Waals surface area (Å²) in [6, 6.07) is 0. The van der Waals surface area contributed by atoms with E-state index in [9.17, 15) is 9.59 Å². The van der Waals surface area contributed by atoms with Gasteiger partial charge < -0.3 is 14.8 Å². The Morgan fingerprint density at radius 2 is 2.38 bits per heavy atom. The molecule has 1 heterocycles. The van der Waals surface area contributed by atoms with Crippen LogP contribution in [0.2, 0.25) is 0 Å². The average molecular weight is 184 g/mol. The van der Waals surface area contributed by atoms with Gasteiger partial charge in [0.25, 0.3) is 0 Å². The number of carbonyl (C=O) groups excluding carboxylic acids is 1. The molecule has 0 aliphatic heterocycles. The molecule has 0 radical (unpaired) electrons. The molecule has 0 saturated carbocycles. The van der Waals surface area contributed by atoms with E-state index in [1.54, 1.807) is 6.92 Å². The van der Waals surface area contributed by atoms with Gasteiger partial charge in [-0.05, 0) is 0 Å². The van der Waals surface area contributed by atoms with Crippen molar-refractivity contribution in [3.8, 4) is 0 Å². The van der Waals surface area contributed by atoms with Crippen LogP contribution in [0.15, 0.2) is 10.6 Å². The van der Waals surface area contributed by atoms with Crippen molar-refractivity contribution in [1.29, 1.82) is 0 Å². The van der Waals surface area contributed by atoms with Gasteiger partial charge in [-0.2, -0.15) is 0 Å². The maximum absolute atomic E-state index is 10.6. The molecule has 0 spiro atoms. The van der Waals surface area contributed by atoms with Crippen LogP contribution in [-0.2, 0) is 16.1 Å². The van der Waals surface area contributed by atoms with Crippen molar-refractivity contribution in [3.63, 3.8) is 0 Å². The third-order valence-electron chi connectivity index (χ3n) is 1.29. The number of amides is 1. The summed E-state index contributed by atoms with van der Waals surface area (Å²) in [5.74, 6) is -1.68. The predicted octanol–water partition coefficient (Wildman–Crippen LogP) is -0.316. The van der Waals surface area contributed by atoms with Crippen LogP contribution in [0.3, 0.4) is 0 Å². The first-order valence-electron chi connectivity index (χ1n) is 3.52. The van der Waals surface area contributed by atoms with Gasteiger partial charge >= 0.3 is 11.9 Å². The lowest BCUT2D eigenvalue weighted by Crippen LogP contribution is -2.29. The Bertz CT molecular complexity index is 331. The Morgan fingerprint density at radius 1 is 1.69 bits per heavy atom. The minimum absolute atomic E-state index is 0.0337. The molecule has 0 bridgehead atoms. The first kappa shape index (κ1) is 9.24. The van der Waals surface area contributed by atoms with Gasteiger partial charge in [0.15, 0.2) is 5.89 Å². The van der Waals surface area contributed by atoms with E-state index in [2.05, 4.69) is 10.3 Å². The second-order valence-electron chi connectivity index (χ2n) is 2.33. The molecule has 13 heavy (non-hydrogen) atoms. The number of nitrogens with one attached hydrogen (secondary N) is 1. The molecule has 70 valence electrons. The molecule has 1 amide bonds. The molecule has 2 N–H and O–H groups in total. The van der Waals surface area contributed by atoms with Gasteiger partial charge in [-0.25, -0.2) is 9.78 Å². The summed E-state index contributed by atoms with van der Waals surface area (Å²) in [5.41, 5.74) is 0. The Labute approximate surface area is 73.6 Å². The van der Waals surface area contributed by atoms with Crippen molar-refractivity contribution < 1.29 is 19.1 Å². The molecular weight excluding hydrogens is 176 g/mol. The van der Waals surface area contributed by atoms with E-state index in [4.69, 9.17) is 9.52 Å². The van der Waals surface area contributed by atoms with Crippen LogP contribution in [0, 0.1) is 6.92 Å². The molecule has 0 unspecified atom stereocenters. The van der Waals surface area contributed by atoms with Gasteiger partial charge in [-0.1, -0.05) is 0 Å². The molecule has 6 nitrogen and oxygen atoms in total. The number of hydrogen-bond acceptors (Lipinski definition) is 4. The van der Waals surface area contributed by atoms with E-state index in [1.165, 1.54) is 6.20 Å². The van der Waals surface area contributed by atoms with Crippen LogP contribution in [0.1, 0.15) is 11.7 Å². The molecule has 1 rings (SSSR count). The van der Waals surface area contributed by atoms with Gasteiger partial charge in [0.05, 0.1) is 12.7 Å². The van der Waals surface area contributed by atoms with Crippen LogP contribution in [0.4, 0.5) is 0 Å². The number of aromatic nitrogens is 1. The minimum Gasteiger partial charge on any atom is -0.474 e. The quantitative estimate of drug-likeness (QED) is 0.614. The number of carboxylic acids is 1. The highest BCUT2D eigenvalue weighted by Crippen LogP contribution is 2.00. The molecule has 0 aliphatic rings. The molecule has 1 aromatic rings. The van der Waals surface area contributed by atoms with Gasteiger partial charge in [0.1, 0.15) is 5.76 Å². The molecule has 0 fully saturated rings. The lowest BCUT2D eigenvalue weighted by molar-refractivity contribution is -0.150. The topological polar surface area (TPSA) is 92.4 Å². The van der Waals surface area contributed by atoms with Gasteiger partial charge in [0, 0.05) is 6.92 Å². The van der Waals surface area contributed by atoms with Crippen molar-refractivity contribution in [2.45, 2.75) is 13.5 Å². The van der Waals surface area contributed by atoms with E-state index in [0.717, 1.165) is 0 Å². The van der Waals surface area contributed by atoms with Crippen LogP contribution in [-0.4, -0.2) is 22.0 Å². The summed E-state index contributed by atoms with van der Waals surface area (Å²) in [5, 5.41) is 10.3. The van der Waals surface area contributed by atoms with Crippen LogP contribution < -0.4 is 5.32 Å². The number of carbonyl (C=O) groups is 2. The Balaban J connectivity index is 2.44. The molecule has 0 aliphatic carbocycles. The van der Waals surface area contributed by atoms with Gasteiger partial charge in [-0.15, -0.1) is 0 Å². The number of aliphatic carboxylic acids is 1. The van der Waals surface area contributed by atoms with E-state index < -0.39 is 11.9 Å². The maximum Gasteiger partial charge on any atom is 0.394 e. The summed E-state index contributed by atoms with van der Waals surface area (Å²) in [6.45, 7) is 1.69. The summed E-state index contributed by atoms with van der Waals surface area (Å²) in [7, 11) is 0. The lowest BCUT2D eigenvalue weighted by Gasteiger charge is -1.96. The molecule has 6 heteroatoms. The highest BCUT2D eigenvalue weighted by Gasteiger charge is 2.10. The van der Waals surface area contributed by atoms with Crippen LogP contribution >= 0.6 is 0 Å². The normalized spacial score (nSPS) is 9.62. The number of aryl methyl sites for hydroxylation is 1. The smallest absolute Gasteiger partial charge is 0.394 e. The van der Waals surface area contributed by atoms with E-state index in [-0.39, 0.29) is 6.54 Å². The van der Waals surface area contributed by atoms with Crippen LogP contribution in [0.25, 0.3) is 0 Å². The van der Waals surface area contributed by atoms with Crippen molar-refractivity contribution >= 4 is 11.9 Å². The first-order valence-corrected chi connectivity index (χ1v) is 3.52. The highest BCUT2D eigenvalue weighted by molar-refractivity contribution is 6.31. The zero-order valence-corrected chi connectivity index (χ0v) is 6.90. The fourth-order valence-corrected chi connectivity index (χ4v) is 0.730. The third kappa shape index (κ3) is 2.58. The Morgan fingerprint density at radius 3 is 2.85 bits per heavy atom. The summed E-state index contributed by atoms with van der Waals surface area (Å²) in [6.07, 6.45) is 1.43. The van der Waals surface area contributed by atoms with Crippen LogP contribution in [0.5, 0.6) is 0 Å². The predicted molar refractivity (Wildman–Crippen MR) is 40.7 cm³/mol. The number of hydrogen-bond donors (Lipinski definition) is 2. The Hall–Kier alpha value is -1.85. The second kappa shape index (κ2) is 3.70. The zero-order valence-electron chi connectivity index (χ0n) is 6.90. The number of oxazole rings is 1. The van der Waals surface area contributed by atoms with E-state index >= 15 is 0 Å². The zero-order chi connectivity index (χ0) is 9.84. The third-order valence-corrected chi connectivity index (χ3v) is 1.29. The Kier molecular flexibility index (Phi) is 2.63. The average Bonchev–Trinajstić information content (AvgIpc) is 2.47. The number of nitrogens with zero attached hydrogens (tertiary/aromatic N) is 1. The fraction of sp³-hybridized carbons (Fsp3) is 0.286. The van der Waals surface area contributed by atoms with Crippen molar-refractivity contribution in [1.82, 2.24) is 10.3 Å². The maximum atomic E-state index is 10.6. The van der Waals surface area contributed by atoms with Crippen molar-refractivity contribution in [2.75, 3.05) is 0 Å². The lowest BCUT2D eigenvalue weighted by atomic mass is 10.5. The summed E-state index contributed by atoms with van der Waals surface area (Å²) in [4.78, 5) is 24.4. The monoisotopic (exact) mass is 184 g/mol.